The molecule has 0 fully saturated rings. The number of unbranched alkanes of at least 4 members (excludes halogenated alkanes) is 1. The fraction of sp³-hybridized carbons (Fsp3) is 0.368. The normalized spacial score (nSPS) is 16.3. The summed E-state index contributed by atoms with van der Waals surface area (Å²) < 4.78 is 31.8. The lowest BCUT2D eigenvalue weighted by molar-refractivity contribution is 0.0737. The molecule has 0 saturated carbocycles. The molecule has 1 atom stereocenters. The van der Waals surface area contributed by atoms with E-state index in [1.54, 1.807) is 11.0 Å². The van der Waals surface area contributed by atoms with Gasteiger partial charge in [0.15, 0.2) is 17.3 Å². The van der Waals surface area contributed by atoms with Crippen molar-refractivity contribution in [2.75, 3.05) is 6.54 Å². The van der Waals surface area contributed by atoms with Gasteiger partial charge in [-0.2, -0.15) is 5.10 Å². The van der Waals surface area contributed by atoms with Gasteiger partial charge in [0.2, 0.25) is 0 Å². The number of aromatic nitrogens is 2. The van der Waals surface area contributed by atoms with Crippen molar-refractivity contribution in [3.05, 3.63) is 59.4 Å². The zero-order valence-corrected chi connectivity index (χ0v) is 14.5. The van der Waals surface area contributed by atoms with Crippen LogP contribution in [0.4, 0.5) is 8.78 Å². The number of hydrogen-bond acceptors (Lipinski definition) is 3. The lowest BCUT2D eigenvalue weighted by Gasteiger charge is -2.23. The van der Waals surface area contributed by atoms with Crippen LogP contribution in [0.3, 0.4) is 0 Å². The molecule has 26 heavy (non-hydrogen) atoms. The number of benzene rings is 1. The van der Waals surface area contributed by atoms with E-state index in [0.717, 1.165) is 31.4 Å². The van der Waals surface area contributed by atoms with Gasteiger partial charge in [-0.3, -0.25) is 9.89 Å². The molecule has 1 N–H and O–H groups in total. The third-order valence-electron chi connectivity index (χ3n) is 4.30. The zero-order chi connectivity index (χ0) is 18.5. The average Bonchev–Trinajstić information content (AvgIpc) is 3.28. The highest BCUT2D eigenvalue weighted by Crippen LogP contribution is 2.20. The average molecular weight is 361 g/mol. The highest BCUT2D eigenvalue weighted by molar-refractivity contribution is 5.93. The molecule has 1 aliphatic rings. The van der Waals surface area contributed by atoms with Gasteiger partial charge in [-0.15, -0.1) is 0 Å². The number of halogens is 2. The Balaban J connectivity index is 1.61. The summed E-state index contributed by atoms with van der Waals surface area (Å²) >= 11 is 0. The number of nitrogens with zero attached hydrogens (tertiary/aromatic N) is 2. The number of nitrogens with one attached hydrogen (secondary N) is 1. The molecule has 0 saturated heterocycles. The summed E-state index contributed by atoms with van der Waals surface area (Å²) in [5, 5.41) is 6.78. The standard InChI is InChI=1S/C19H21F2N3O2/c1-2-3-5-15-6-4-9-24(15)19(25)17-11-14(22-23-17)12-26-18-8-7-13(20)10-16(18)21/h4,6-8,10-11,15H,2-3,5,9,12H2,1H3,(H,22,23)/t15-/m0/s1. The Morgan fingerprint density at radius 2 is 2.23 bits per heavy atom. The zero-order valence-electron chi connectivity index (χ0n) is 14.5. The van der Waals surface area contributed by atoms with Crippen LogP contribution in [0.2, 0.25) is 0 Å². The molecule has 0 bridgehead atoms. The molecule has 7 heteroatoms. The number of carbonyl (C=O) groups is 1. The summed E-state index contributed by atoms with van der Waals surface area (Å²) in [7, 11) is 0. The summed E-state index contributed by atoms with van der Waals surface area (Å²) in [6.07, 6.45) is 7.12. The van der Waals surface area contributed by atoms with Gasteiger partial charge in [0.05, 0.1) is 11.7 Å². The summed E-state index contributed by atoms with van der Waals surface area (Å²) in [6, 6.07) is 4.80. The van der Waals surface area contributed by atoms with E-state index in [2.05, 4.69) is 23.2 Å². The molecule has 2 heterocycles. The minimum atomic E-state index is -0.775. The number of amides is 1. The third-order valence-corrected chi connectivity index (χ3v) is 4.30. The molecule has 0 spiro atoms. The highest BCUT2D eigenvalue weighted by Gasteiger charge is 2.26. The molecule has 1 aliphatic heterocycles. The fourth-order valence-electron chi connectivity index (χ4n) is 2.91. The summed E-state index contributed by atoms with van der Waals surface area (Å²) in [5.41, 5.74) is 0.836. The number of ether oxygens (including phenoxy) is 1. The number of hydrogen-bond donors (Lipinski definition) is 1. The topological polar surface area (TPSA) is 58.2 Å². The molecular weight excluding hydrogens is 340 g/mol. The van der Waals surface area contributed by atoms with Crippen LogP contribution in [-0.4, -0.2) is 33.6 Å². The maximum atomic E-state index is 13.6. The van der Waals surface area contributed by atoms with Gasteiger partial charge in [0.1, 0.15) is 12.4 Å². The Morgan fingerprint density at radius 1 is 1.38 bits per heavy atom. The van der Waals surface area contributed by atoms with Gasteiger partial charge in [0.25, 0.3) is 5.91 Å². The Hall–Kier alpha value is -2.70. The van der Waals surface area contributed by atoms with E-state index < -0.39 is 11.6 Å². The molecule has 1 aromatic heterocycles. The molecule has 1 aromatic carbocycles. The predicted molar refractivity (Wildman–Crippen MR) is 92.8 cm³/mol. The van der Waals surface area contributed by atoms with E-state index in [-0.39, 0.29) is 24.3 Å². The first-order valence-corrected chi connectivity index (χ1v) is 8.68. The number of aromatic amines is 1. The van der Waals surface area contributed by atoms with E-state index in [0.29, 0.717) is 17.9 Å². The van der Waals surface area contributed by atoms with Crippen molar-refractivity contribution >= 4 is 5.91 Å². The van der Waals surface area contributed by atoms with E-state index >= 15 is 0 Å². The molecule has 0 radical (unpaired) electrons. The van der Waals surface area contributed by atoms with Gasteiger partial charge in [-0.25, -0.2) is 8.78 Å². The molecule has 0 unspecified atom stereocenters. The smallest absolute Gasteiger partial charge is 0.275 e. The minimum Gasteiger partial charge on any atom is -0.484 e. The summed E-state index contributed by atoms with van der Waals surface area (Å²) in [5.74, 6) is -1.65. The lowest BCUT2D eigenvalue weighted by Crippen LogP contribution is -2.36. The molecule has 5 nitrogen and oxygen atoms in total. The van der Waals surface area contributed by atoms with Gasteiger partial charge in [-0.1, -0.05) is 31.9 Å². The van der Waals surface area contributed by atoms with Gasteiger partial charge < -0.3 is 9.64 Å². The van der Waals surface area contributed by atoms with Crippen molar-refractivity contribution in [2.45, 2.75) is 38.8 Å². The Morgan fingerprint density at radius 3 is 3.00 bits per heavy atom. The van der Waals surface area contributed by atoms with E-state index in [9.17, 15) is 13.6 Å². The van der Waals surface area contributed by atoms with Crippen molar-refractivity contribution in [1.29, 1.82) is 0 Å². The lowest BCUT2D eigenvalue weighted by atomic mass is 10.1. The highest BCUT2D eigenvalue weighted by atomic mass is 19.1. The monoisotopic (exact) mass is 361 g/mol. The fourth-order valence-corrected chi connectivity index (χ4v) is 2.91. The Labute approximate surface area is 150 Å². The second kappa shape index (κ2) is 8.12. The molecule has 3 rings (SSSR count). The van der Waals surface area contributed by atoms with Crippen LogP contribution in [0.5, 0.6) is 5.75 Å². The van der Waals surface area contributed by atoms with Gasteiger partial charge in [-0.05, 0) is 24.6 Å². The summed E-state index contributed by atoms with van der Waals surface area (Å²) in [4.78, 5) is 14.4. The second-order valence-corrected chi connectivity index (χ2v) is 6.24. The molecule has 1 amide bonds. The minimum absolute atomic E-state index is 0.000343. The molecule has 0 aliphatic carbocycles. The van der Waals surface area contributed by atoms with E-state index in [1.165, 1.54) is 6.07 Å². The maximum absolute atomic E-state index is 13.6. The van der Waals surface area contributed by atoms with Crippen molar-refractivity contribution < 1.29 is 18.3 Å². The van der Waals surface area contributed by atoms with Crippen LogP contribution in [0, 0.1) is 11.6 Å². The van der Waals surface area contributed by atoms with Crippen molar-refractivity contribution in [3.8, 4) is 5.75 Å². The largest absolute Gasteiger partial charge is 0.484 e. The van der Waals surface area contributed by atoms with E-state index in [4.69, 9.17) is 4.74 Å². The van der Waals surface area contributed by atoms with Crippen LogP contribution in [-0.2, 0) is 6.61 Å². The van der Waals surface area contributed by atoms with Crippen molar-refractivity contribution in [3.63, 3.8) is 0 Å². The maximum Gasteiger partial charge on any atom is 0.275 e. The second-order valence-electron chi connectivity index (χ2n) is 6.24. The van der Waals surface area contributed by atoms with Crippen LogP contribution < -0.4 is 4.74 Å². The van der Waals surface area contributed by atoms with E-state index in [1.807, 2.05) is 6.08 Å². The number of carbonyl (C=O) groups excluding carboxylic acids is 1. The Bertz CT molecular complexity index is 804. The molecular formula is C19H21F2N3O2. The third kappa shape index (κ3) is 4.09. The molecule has 2 aromatic rings. The van der Waals surface area contributed by atoms with Crippen LogP contribution in [0.1, 0.15) is 42.4 Å². The van der Waals surface area contributed by atoms with Crippen molar-refractivity contribution in [1.82, 2.24) is 15.1 Å². The van der Waals surface area contributed by atoms with Gasteiger partial charge in [0, 0.05) is 12.6 Å². The SMILES string of the molecule is CCCC[C@H]1C=CCN1C(=O)c1cc(COc2ccc(F)cc2F)[nH]n1. The van der Waals surface area contributed by atoms with Crippen LogP contribution in [0.15, 0.2) is 36.4 Å². The first kappa shape index (κ1) is 18.1. The Kier molecular flexibility index (Phi) is 5.65. The molecule has 138 valence electrons. The first-order chi connectivity index (χ1) is 12.6. The first-order valence-electron chi connectivity index (χ1n) is 8.68. The number of rotatable bonds is 7. The quantitative estimate of drug-likeness (QED) is 0.763. The predicted octanol–water partition coefficient (Wildman–Crippen LogP) is 3.84. The van der Waals surface area contributed by atoms with Crippen molar-refractivity contribution in [2.24, 2.45) is 0 Å². The van der Waals surface area contributed by atoms with Crippen LogP contribution >= 0.6 is 0 Å². The van der Waals surface area contributed by atoms with Crippen LogP contribution in [0.25, 0.3) is 0 Å². The number of H-pyrrole nitrogens is 1. The van der Waals surface area contributed by atoms with Gasteiger partial charge >= 0.3 is 0 Å². The summed E-state index contributed by atoms with van der Waals surface area (Å²) in [6.45, 7) is 2.70.